The van der Waals surface area contributed by atoms with Gasteiger partial charge >= 0.3 is 5.97 Å². The highest BCUT2D eigenvalue weighted by molar-refractivity contribution is 6.35. The fourth-order valence-corrected chi connectivity index (χ4v) is 5.39. The van der Waals surface area contributed by atoms with Crippen LogP contribution in [0.25, 0.3) is 11.1 Å². The first-order valence-electron chi connectivity index (χ1n) is 13.7. The Bertz CT molecular complexity index is 1370. The smallest absolute Gasteiger partial charge is 0.326 e. The van der Waals surface area contributed by atoms with Crippen molar-refractivity contribution in [3.8, 4) is 11.1 Å². The van der Waals surface area contributed by atoms with Crippen LogP contribution in [0, 0.1) is 11.7 Å². The predicted molar refractivity (Wildman–Crippen MR) is 160 cm³/mol. The van der Waals surface area contributed by atoms with Gasteiger partial charge in [-0.3, -0.25) is 4.79 Å². The highest BCUT2D eigenvalue weighted by Crippen LogP contribution is 2.31. The molecule has 3 aromatic rings. The second kappa shape index (κ2) is 14.0. The lowest BCUT2D eigenvalue weighted by Crippen LogP contribution is -2.49. The molecule has 11 heteroatoms. The zero-order chi connectivity index (χ0) is 29.5. The summed E-state index contributed by atoms with van der Waals surface area (Å²) in [6, 6.07) is 11.4. The maximum Gasteiger partial charge on any atom is 0.326 e. The van der Waals surface area contributed by atoms with Crippen molar-refractivity contribution in [1.82, 2.24) is 15.3 Å². The van der Waals surface area contributed by atoms with E-state index in [1.165, 1.54) is 6.33 Å². The van der Waals surface area contributed by atoms with Crippen molar-refractivity contribution in [2.45, 2.75) is 45.1 Å². The molecule has 1 fully saturated rings. The minimum Gasteiger partial charge on any atom is -0.480 e. The molecule has 2 atom stereocenters. The fourth-order valence-electron chi connectivity index (χ4n) is 4.99. The molecule has 2 aromatic carbocycles. The second-order valence-electron chi connectivity index (χ2n) is 10.3. The van der Waals surface area contributed by atoms with E-state index in [0.29, 0.717) is 36.0 Å². The van der Waals surface area contributed by atoms with Crippen LogP contribution in [-0.2, 0) is 16.0 Å². The van der Waals surface area contributed by atoms with Gasteiger partial charge in [0.25, 0.3) is 0 Å². The highest BCUT2D eigenvalue weighted by Gasteiger charge is 2.31. The van der Waals surface area contributed by atoms with Crippen LogP contribution in [0.15, 0.2) is 48.8 Å². The van der Waals surface area contributed by atoms with Gasteiger partial charge in [-0.15, -0.1) is 0 Å². The van der Waals surface area contributed by atoms with Crippen molar-refractivity contribution in [3.63, 3.8) is 0 Å². The van der Waals surface area contributed by atoms with Gasteiger partial charge in [0, 0.05) is 48.7 Å². The van der Waals surface area contributed by atoms with Gasteiger partial charge in [0.05, 0.1) is 5.92 Å². The Morgan fingerprint density at radius 2 is 1.95 bits per heavy atom. The zero-order valence-electron chi connectivity index (χ0n) is 23.1. The van der Waals surface area contributed by atoms with Crippen LogP contribution in [0.1, 0.15) is 38.2 Å². The quantitative estimate of drug-likeness (QED) is 0.284. The number of carboxylic acid groups (broad SMARTS) is 1. The van der Waals surface area contributed by atoms with Gasteiger partial charge in [-0.2, -0.15) is 4.39 Å². The summed E-state index contributed by atoms with van der Waals surface area (Å²) in [5, 5.41) is 13.7. The number of hydrogen-bond acceptors (Lipinski definition) is 6. The second-order valence-corrected chi connectivity index (χ2v) is 11.2. The molecule has 2 N–H and O–H groups in total. The minimum atomic E-state index is -1.13. The lowest BCUT2D eigenvalue weighted by molar-refractivity contribution is -0.142. The monoisotopic (exact) mass is 601 g/mol. The molecular weight excluding hydrogens is 568 g/mol. The number of piperidine rings is 1. The van der Waals surface area contributed by atoms with Gasteiger partial charge in [0.1, 0.15) is 12.4 Å². The molecule has 0 saturated carbocycles. The molecule has 1 aliphatic rings. The predicted octanol–water partition coefficient (Wildman–Crippen LogP) is 5.85. The van der Waals surface area contributed by atoms with Crippen molar-refractivity contribution in [2.24, 2.45) is 5.92 Å². The molecule has 0 radical (unpaired) electrons. The number of carbonyl (C=O) groups excluding carboxylic acids is 1. The van der Waals surface area contributed by atoms with E-state index < -0.39 is 23.7 Å². The minimum absolute atomic E-state index is 0.106. The summed E-state index contributed by atoms with van der Waals surface area (Å²) in [6.45, 7) is 3.52. The Morgan fingerprint density at radius 3 is 2.66 bits per heavy atom. The van der Waals surface area contributed by atoms with Crippen LogP contribution >= 0.6 is 23.2 Å². The van der Waals surface area contributed by atoms with E-state index >= 15 is 4.39 Å². The summed E-state index contributed by atoms with van der Waals surface area (Å²) >= 11 is 12.4. The SMILES string of the molecule is CCCCN(C)c1ncnc(N2CCCC(C(=O)N[C@@H](Cc3ccc(-c4cc(Cl)ccc4Cl)cc3)C(=O)O)C2)c1F. The third-order valence-corrected chi connectivity index (χ3v) is 7.87. The summed E-state index contributed by atoms with van der Waals surface area (Å²) in [7, 11) is 1.79. The van der Waals surface area contributed by atoms with Crippen molar-refractivity contribution in [1.29, 1.82) is 0 Å². The number of unbranched alkanes of at least 4 members (excludes halogenated alkanes) is 1. The number of amides is 1. The molecule has 218 valence electrons. The number of benzene rings is 2. The standard InChI is InChI=1S/C30H34Cl2FN5O3/c1-3-4-13-37(2)27-26(33)28(35-18-34-27)38-14-5-6-21(17-38)29(39)36-25(30(40)41)15-19-7-9-20(10-8-19)23-16-22(31)11-12-24(23)32/h7-12,16,18,21,25H,3-6,13-15,17H2,1-2H3,(H,36,39)(H,40,41)/t21?,25-/m0/s1. The third kappa shape index (κ3) is 7.65. The molecule has 1 aromatic heterocycles. The van der Waals surface area contributed by atoms with E-state index in [4.69, 9.17) is 23.2 Å². The number of hydrogen-bond donors (Lipinski definition) is 2. The number of aromatic nitrogens is 2. The first-order valence-corrected chi connectivity index (χ1v) is 14.5. The molecule has 1 amide bonds. The van der Waals surface area contributed by atoms with E-state index in [2.05, 4.69) is 22.2 Å². The maximum absolute atomic E-state index is 15.4. The van der Waals surface area contributed by atoms with Gasteiger partial charge in [-0.25, -0.2) is 14.8 Å². The first-order chi connectivity index (χ1) is 19.7. The number of aliphatic carboxylic acids is 1. The average molecular weight is 603 g/mol. The van der Waals surface area contributed by atoms with Gasteiger partial charge in [0.15, 0.2) is 11.6 Å². The molecule has 1 saturated heterocycles. The first kappa shape index (κ1) is 30.5. The molecule has 0 spiro atoms. The van der Waals surface area contributed by atoms with E-state index in [9.17, 15) is 14.7 Å². The molecule has 4 rings (SSSR count). The Hall–Kier alpha value is -3.43. The summed E-state index contributed by atoms with van der Waals surface area (Å²) in [5.74, 6) is -2.14. The number of carboxylic acids is 1. The Morgan fingerprint density at radius 1 is 1.20 bits per heavy atom. The third-order valence-electron chi connectivity index (χ3n) is 7.30. The van der Waals surface area contributed by atoms with Crippen molar-refractivity contribution >= 4 is 46.7 Å². The van der Waals surface area contributed by atoms with Crippen molar-refractivity contribution in [2.75, 3.05) is 36.5 Å². The molecule has 0 bridgehead atoms. The molecule has 41 heavy (non-hydrogen) atoms. The number of rotatable bonds is 11. The number of nitrogens with one attached hydrogen (secondary N) is 1. The Balaban J connectivity index is 1.42. The van der Waals surface area contributed by atoms with E-state index in [0.717, 1.165) is 29.5 Å². The molecule has 8 nitrogen and oxygen atoms in total. The van der Waals surface area contributed by atoms with Crippen LogP contribution in [0.4, 0.5) is 16.0 Å². The normalized spacial score (nSPS) is 15.8. The summed E-state index contributed by atoms with van der Waals surface area (Å²) in [6.07, 6.45) is 4.55. The topological polar surface area (TPSA) is 98.7 Å². The summed E-state index contributed by atoms with van der Waals surface area (Å²) in [5.41, 5.74) is 2.36. The van der Waals surface area contributed by atoms with Crippen molar-refractivity contribution < 1.29 is 19.1 Å². The lowest BCUT2D eigenvalue weighted by atomic mass is 9.95. The molecule has 0 aliphatic carbocycles. The van der Waals surface area contributed by atoms with E-state index in [-0.39, 0.29) is 30.5 Å². The largest absolute Gasteiger partial charge is 0.480 e. The lowest BCUT2D eigenvalue weighted by Gasteiger charge is -2.34. The average Bonchev–Trinajstić information content (AvgIpc) is 2.97. The van der Waals surface area contributed by atoms with Gasteiger partial charge in [0.2, 0.25) is 11.7 Å². The Kier molecular flexibility index (Phi) is 10.4. The molecule has 1 unspecified atom stereocenters. The number of halogens is 3. The fraction of sp³-hybridized carbons (Fsp3) is 0.400. The molecule has 1 aliphatic heterocycles. The molecular formula is C30H34Cl2FN5O3. The number of carbonyl (C=O) groups is 2. The maximum atomic E-state index is 15.4. The summed E-state index contributed by atoms with van der Waals surface area (Å²) < 4.78 is 15.4. The van der Waals surface area contributed by atoms with E-state index in [1.807, 2.05) is 24.3 Å². The number of nitrogens with zero attached hydrogens (tertiary/aromatic N) is 4. The molecule has 2 heterocycles. The number of anilines is 2. The van der Waals surface area contributed by atoms with Gasteiger partial charge in [-0.05, 0) is 48.6 Å². The van der Waals surface area contributed by atoms with Crippen LogP contribution in [-0.4, -0.2) is 59.7 Å². The van der Waals surface area contributed by atoms with E-state index in [1.54, 1.807) is 35.0 Å². The Labute approximate surface area is 249 Å². The summed E-state index contributed by atoms with van der Waals surface area (Å²) in [4.78, 5) is 37.1. The van der Waals surface area contributed by atoms with Crippen LogP contribution in [0.5, 0.6) is 0 Å². The van der Waals surface area contributed by atoms with Crippen LogP contribution in [0.3, 0.4) is 0 Å². The van der Waals surface area contributed by atoms with Crippen LogP contribution < -0.4 is 15.1 Å². The zero-order valence-corrected chi connectivity index (χ0v) is 24.6. The highest BCUT2D eigenvalue weighted by atomic mass is 35.5. The van der Waals surface area contributed by atoms with Gasteiger partial charge < -0.3 is 20.2 Å². The van der Waals surface area contributed by atoms with Gasteiger partial charge in [-0.1, -0.05) is 60.8 Å². The van der Waals surface area contributed by atoms with Crippen LogP contribution in [0.2, 0.25) is 10.0 Å². The van der Waals surface area contributed by atoms with Crippen molar-refractivity contribution in [3.05, 3.63) is 70.2 Å².